The predicted molar refractivity (Wildman–Crippen MR) is 48.8 cm³/mol. The Labute approximate surface area is 77.4 Å². The Morgan fingerprint density at radius 2 is 1.62 bits per heavy atom. The molecule has 0 aliphatic rings. The highest BCUT2D eigenvalue weighted by molar-refractivity contribution is 6.04. The lowest BCUT2D eigenvalue weighted by molar-refractivity contribution is -0.113. The van der Waals surface area contributed by atoms with Gasteiger partial charge < -0.3 is 0 Å². The average Bonchev–Trinajstić information content (AvgIpc) is 2.03. The molecule has 0 radical (unpaired) electrons. The minimum absolute atomic E-state index is 0.000185. The Morgan fingerprint density at radius 1 is 1.15 bits per heavy atom. The Balaban J connectivity index is 5.24. The van der Waals surface area contributed by atoms with Crippen molar-refractivity contribution in [2.45, 2.75) is 20.8 Å². The summed E-state index contributed by atoms with van der Waals surface area (Å²) >= 11 is 0. The van der Waals surface area contributed by atoms with Crippen molar-refractivity contribution < 1.29 is 9.59 Å². The lowest BCUT2D eigenvalue weighted by Crippen LogP contribution is -2.03. The molecule has 0 heterocycles. The molecule has 0 N–H and O–H groups in total. The third-order valence-corrected chi connectivity index (χ3v) is 1.72. The highest BCUT2D eigenvalue weighted by atomic mass is 16.1. The fourth-order valence-corrected chi connectivity index (χ4v) is 0.842. The van der Waals surface area contributed by atoms with Crippen LogP contribution in [0.1, 0.15) is 20.8 Å². The SMILES string of the molecule is C=C(C(C)=O)C(C)=C(C#N)C(C)=O. The average molecular weight is 177 g/mol. The normalized spacial score (nSPS) is 11.2. The van der Waals surface area contributed by atoms with E-state index in [1.54, 1.807) is 13.0 Å². The van der Waals surface area contributed by atoms with Crippen molar-refractivity contribution in [2.75, 3.05) is 0 Å². The number of ketones is 2. The second kappa shape index (κ2) is 4.36. The van der Waals surface area contributed by atoms with E-state index >= 15 is 0 Å². The number of Topliss-reactive ketones (excluding diaryl/α,β-unsaturated/α-hetero) is 2. The van der Waals surface area contributed by atoms with E-state index in [4.69, 9.17) is 5.26 Å². The van der Waals surface area contributed by atoms with Gasteiger partial charge in [-0.1, -0.05) is 6.58 Å². The zero-order valence-corrected chi connectivity index (χ0v) is 7.97. The van der Waals surface area contributed by atoms with Crippen molar-refractivity contribution >= 4 is 11.6 Å². The van der Waals surface area contributed by atoms with Gasteiger partial charge in [-0.05, 0) is 26.3 Å². The summed E-state index contributed by atoms with van der Waals surface area (Å²) in [5, 5.41) is 8.62. The third kappa shape index (κ3) is 2.68. The number of allylic oxidation sites excluding steroid dienone is 3. The summed E-state index contributed by atoms with van der Waals surface area (Å²) in [6.07, 6.45) is 0. The van der Waals surface area contributed by atoms with Gasteiger partial charge in [-0.15, -0.1) is 0 Å². The largest absolute Gasteiger partial charge is 0.295 e. The van der Waals surface area contributed by atoms with Crippen molar-refractivity contribution in [1.82, 2.24) is 0 Å². The fourth-order valence-electron chi connectivity index (χ4n) is 0.842. The zero-order chi connectivity index (χ0) is 10.6. The van der Waals surface area contributed by atoms with E-state index in [2.05, 4.69) is 6.58 Å². The van der Waals surface area contributed by atoms with Gasteiger partial charge in [-0.3, -0.25) is 9.59 Å². The number of rotatable bonds is 3. The van der Waals surface area contributed by atoms with Crippen molar-refractivity contribution in [3.05, 3.63) is 23.3 Å². The number of carbonyl (C=O) groups excluding carboxylic acids is 2. The van der Waals surface area contributed by atoms with E-state index in [-0.39, 0.29) is 22.7 Å². The summed E-state index contributed by atoms with van der Waals surface area (Å²) < 4.78 is 0. The van der Waals surface area contributed by atoms with Crippen LogP contribution < -0.4 is 0 Å². The molecule has 0 amide bonds. The molecule has 0 atom stereocenters. The molecule has 13 heavy (non-hydrogen) atoms. The van der Waals surface area contributed by atoms with Crippen LogP contribution in [0.2, 0.25) is 0 Å². The first-order valence-electron chi connectivity index (χ1n) is 3.74. The van der Waals surface area contributed by atoms with Gasteiger partial charge in [-0.2, -0.15) is 5.26 Å². The maximum atomic E-state index is 10.9. The molecular weight excluding hydrogens is 166 g/mol. The van der Waals surface area contributed by atoms with Gasteiger partial charge in [0.25, 0.3) is 0 Å². The quantitative estimate of drug-likeness (QED) is 0.373. The Hall–Kier alpha value is -1.69. The molecule has 0 spiro atoms. The van der Waals surface area contributed by atoms with Crippen LogP contribution in [0.4, 0.5) is 0 Å². The highest BCUT2D eigenvalue weighted by Gasteiger charge is 2.12. The van der Waals surface area contributed by atoms with Crippen LogP contribution in [0.15, 0.2) is 23.3 Å². The van der Waals surface area contributed by atoms with Crippen molar-refractivity contribution in [3.8, 4) is 6.07 Å². The second-order valence-corrected chi connectivity index (χ2v) is 2.70. The molecule has 0 aliphatic heterocycles. The summed E-state index contributed by atoms with van der Waals surface area (Å²) in [6.45, 7) is 7.68. The van der Waals surface area contributed by atoms with Gasteiger partial charge in [0.1, 0.15) is 6.07 Å². The Kier molecular flexibility index (Phi) is 3.80. The molecule has 0 unspecified atom stereocenters. The molecule has 0 aromatic rings. The van der Waals surface area contributed by atoms with Crippen molar-refractivity contribution in [1.29, 1.82) is 5.26 Å². The molecule has 0 bridgehead atoms. The fraction of sp³-hybridized carbons (Fsp3) is 0.300. The van der Waals surface area contributed by atoms with E-state index in [0.717, 1.165) is 0 Å². The monoisotopic (exact) mass is 177 g/mol. The summed E-state index contributed by atoms with van der Waals surface area (Å²) in [4.78, 5) is 21.8. The third-order valence-electron chi connectivity index (χ3n) is 1.72. The van der Waals surface area contributed by atoms with Gasteiger partial charge in [0.05, 0.1) is 5.57 Å². The number of hydrogen-bond acceptors (Lipinski definition) is 3. The van der Waals surface area contributed by atoms with E-state index in [1.807, 2.05) is 0 Å². The molecule has 0 aromatic heterocycles. The maximum Gasteiger partial charge on any atom is 0.170 e. The van der Waals surface area contributed by atoms with Crippen LogP contribution in [0.3, 0.4) is 0 Å². The molecule has 0 rings (SSSR count). The molecule has 0 saturated heterocycles. The van der Waals surface area contributed by atoms with Crippen LogP contribution in [-0.4, -0.2) is 11.6 Å². The number of nitriles is 1. The first-order valence-corrected chi connectivity index (χ1v) is 3.74. The molecular formula is C10H11NO2. The topological polar surface area (TPSA) is 57.9 Å². The molecule has 3 nitrogen and oxygen atoms in total. The molecule has 0 aliphatic carbocycles. The molecule has 68 valence electrons. The first kappa shape index (κ1) is 11.3. The maximum absolute atomic E-state index is 10.9. The van der Waals surface area contributed by atoms with Crippen LogP contribution in [0, 0.1) is 11.3 Å². The summed E-state index contributed by atoms with van der Waals surface area (Å²) in [5.74, 6) is -0.575. The van der Waals surface area contributed by atoms with Gasteiger partial charge in [0.2, 0.25) is 0 Å². The van der Waals surface area contributed by atoms with E-state index in [1.165, 1.54) is 13.8 Å². The highest BCUT2D eigenvalue weighted by Crippen LogP contribution is 2.13. The summed E-state index contributed by atoms with van der Waals surface area (Å²) in [6, 6.07) is 1.75. The molecule has 0 saturated carbocycles. The number of nitrogens with zero attached hydrogens (tertiary/aromatic N) is 1. The number of carbonyl (C=O) groups is 2. The Bertz CT molecular complexity index is 342. The van der Waals surface area contributed by atoms with Crippen LogP contribution in [0.5, 0.6) is 0 Å². The Morgan fingerprint density at radius 3 is 1.85 bits per heavy atom. The first-order chi connectivity index (χ1) is 5.91. The minimum Gasteiger partial charge on any atom is -0.295 e. The minimum atomic E-state index is -0.345. The van der Waals surface area contributed by atoms with Gasteiger partial charge >= 0.3 is 0 Å². The van der Waals surface area contributed by atoms with Crippen molar-refractivity contribution in [3.63, 3.8) is 0 Å². The van der Waals surface area contributed by atoms with Crippen LogP contribution in [0.25, 0.3) is 0 Å². The standard InChI is InChI=1S/C10H11NO2/c1-6(8(3)12)7(2)10(5-11)9(4)13/h1H2,2-4H3. The molecule has 0 aromatic carbocycles. The smallest absolute Gasteiger partial charge is 0.170 e. The lowest BCUT2D eigenvalue weighted by Gasteiger charge is -2.02. The van der Waals surface area contributed by atoms with E-state index in [0.29, 0.717) is 5.57 Å². The predicted octanol–water partition coefficient (Wildman–Crippen LogP) is 1.56. The van der Waals surface area contributed by atoms with Crippen molar-refractivity contribution in [2.24, 2.45) is 0 Å². The van der Waals surface area contributed by atoms with Gasteiger partial charge in [0, 0.05) is 5.57 Å². The van der Waals surface area contributed by atoms with Crippen LogP contribution >= 0.6 is 0 Å². The van der Waals surface area contributed by atoms with E-state index in [9.17, 15) is 9.59 Å². The summed E-state index contributed by atoms with van der Waals surface area (Å²) in [7, 11) is 0. The van der Waals surface area contributed by atoms with Crippen LogP contribution in [-0.2, 0) is 9.59 Å². The molecule has 3 heteroatoms. The zero-order valence-electron chi connectivity index (χ0n) is 7.97. The lowest BCUT2D eigenvalue weighted by atomic mass is 9.99. The van der Waals surface area contributed by atoms with Gasteiger partial charge in [0.15, 0.2) is 11.6 Å². The number of hydrogen-bond donors (Lipinski definition) is 0. The second-order valence-electron chi connectivity index (χ2n) is 2.70. The summed E-state index contributed by atoms with van der Waals surface area (Å²) in [5.41, 5.74) is 0.578. The molecule has 0 fully saturated rings. The van der Waals surface area contributed by atoms with E-state index < -0.39 is 0 Å². The van der Waals surface area contributed by atoms with Gasteiger partial charge in [-0.25, -0.2) is 0 Å².